The first kappa shape index (κ1) is 29.4. The number of carbonyl (C=O) groups is 1. The fourth-order valence-electron chi connectivity index (χ4n) is 6.37. The van der Waals surface area contributed by atoms with Crippen LogP contribution in [0.25, 0.3) is 0 Å². The molecule has 39 heavy (non-hydrogen) atoms. The first-order chi connectivity index (χ1) is 18.5. The highest BCUT2D eigenvalue weighted by molar-refractivity contribution is 5.94. The van der Waals surface area contributed by atoms with E-state index in [0.29, 0.717) is 18.7 Å². The quantitative estimate of drug-likeness (QED) is 0.345. The number of piperidine rings is 1. The Morgan fingerprint density at radius 1 is 1.08 bits per heavy atom. The average molecular weight is 546 g/mol. The van der Waals surface area contributed by atoms with E-state index < -0.39 is 17.6 Å². The number of hydrogen-bond acceptors (Lipinski definition) is 4. The molecule has 1 N–H and O–H groups in total. The van der Waals surface area contributed by atoms with Crippen molar-refractivity contribution in [2.45, 2.75) is 89.6 Å². The van der Waals surface area contributed by atoms with E-state index in [-0.39, 0.29) is 17.6 Å². The smallest absolute Gasteiger partial charge is 0.416 e. The zero-order chi connectivity index (χ0) is 28.3. The molecular weight excluding hydrogens is 503 g/mol. The second-order valence-corrected chi connectivity index (χ2v) is 11.5. The number of alkyl halides is 3. The Morgan fingerprint density at radius 3 is 2.41 bits per heavy atom. The fraction of sp³-hybridized carbons (Fsp3) is 0.581. The molecule has 2 aliphatic rings. The van der Waals surface area contributed by atoms with Gasteiger partial charge < -0.3 is 15.0 Å². The molecule has 0 aromatic heterocycles. The minimum absolute atomic E-state index is 0.0425. The number of carbonyl (C=O) groups excluding carboxylic acids is 1. The summed E-state index contributed by atoms with van der Waals surface area (Å²) < 4.78 is 45.4. The van der Waals surface area contributed by atoms with Gasteiger partial charge in [0.25, 0.3) is 5.91 Å². The summed E-state index contributed by atoms with van der Waals surface area (Å²) in [5.74, 6) is 0.517. The van der Waals surface area contributed by atoms with Crippen LogP contribution < -0.4 is 10.1 Å². The minimum atomic E-state index is -4.47. The number of hydrogen-bond donors (Lipinski definition) is 1. The van der Waals surface area contributed by atoms with Crippen molar-refractivity contribution in [3.8, 4) is 5.75 Å². The van der Waals surface area contributed by atoms with Gasteiger partial charge in [0.2, 0.25) is 0 Å². The molecule has 0 spiro atoms. The number of benzene rings is 2. The molecule has 0 radical (unpaired) electrons. The molecule has 214 valence electrons. The molecule has 2 heterocycles. The van der Waals surface area contributed by atoms with E-state index in [9.17, 15) is 18.0 Å². The highest BCUT2D eigenvalue weighted by Gasteiger charge is 2.44. The van der Waals surface area contributed by atoms with Crippen LogP contribution in [-0.4, -0.2) is 61.1 Å². The number of ether oxygens (including phenoxy) is 1. The predicted octanol–water partition coefficient (Wildman–Crippen LogP) is 6.53. The maximum Gasteiger partial charge on any atom is 0.416 e. The van der Waals surface area contributed by atoms with Crippen LogP contribution in [-0.2, 0) is 6.18 Å². The monoisotopic (exact) mass is 545 g/mol. The van der Waals surface area contributed by atoms with Crippen LogP contribution in [0.4, 0.5) is 13.2 Å². The molecule has 5 nitrogen and oxygen atoms in total. The standard InChI is InChI=1S/C31H42F3N3O2/c1-20-21(2)29(39-16-7-6-15-36(4)5)14-13-28(20)22(3)37-26-11-12-27(37)19-25(18-26)35-30(38)23-9-8-10-24(17-23)31(32,33)34/h8-10,13-14,17,22,25-27H,6-7,11-12,15-16,18-19H2,1-5H3,(H,35,38). The normalized spacial score (nSPS) is 22.2. The number of unbranched alkanes of at least 4 members (excludes halogenated alkanes) is 1. The van der Waals surface area contributed by atoms with Crippen molar-refractivity contribution in [3.05, 3.63) is 64.2 Å². The summed E-state index contributed by atoms with van der Waals surface area (Å²) in [6.07, 6.45) is 1.41. The van der Waals surface area contributed by atoms with Gasteiger partial charge in [0, 0.05) is 29.7 Å². The van der Waals surface area contributed by atoms with Crippen molar-refractivity contribution in [1.29, 1.82) is 0 Å². The highest BCUT2D eigenvalue weighted by Crippen LogP contribution is 2.43. The molecule has 2 aromatic carbocycles. The van der Waals surface area contributed by atoms with Crippen LogP contribution in [0.15, 0.2) is 36.4 Å². The Bertz CT molecular complexity index is 1140. The van der Waals surface area contributed by atoms with E-state index >= 15 is 0 Å². The van der Waals surface area contributed by atoms with Gasteiger partial charge in [0.1, 0.15) is 5.75 Å². The van der Waals surface area contributed by atoms with Crippen molar-refractivity contribution < 1.29 is 22.7 Å². The lowest BCUT2D eigenvalue weighted by Crippen LogP contribution is -2.51. The molecule has 4 rings (SSSR count). The summed E-state index contributed by atoms with van der Waals surface area (Å²) in [4.78, 5) is 17.6. The van der Waals surface area contributed by atoms with E-state index in [1.54, 1.807) is 0 Å². The highest BCUT2D eigenvalue weighted by atomic mass is 19.4. The number of nitrogens with zero attached hydrogens (tertiary/aromatic N) is 2. The van der Waals surface area contributed by atoms with Gasteiger partial charge in [-0.25, -0.2) is 0 Å². The first-order valence-electron chi connectivity index (χ1n) is 14.1. The van der Waals surface area contributed by atoms with Crippen molar-refractivity contribution in [1.82, 2.24) is 15.1 Å². The van der Waals surface area contributed by atoms with Crippen LogP contribution >= 0.6 is 0 Å². The maximum absolute atomic E-state index is 13.1. The van der Waals surface area contributed by atoms with E-state index in [1.807, 2.05) is 0 Å². The van der Waals surface area contributed by atoms with Gasteiger partial charge in [-0.1, -0.05) is 12.1 Å². The lowest BCUT2D eigenvalue weighted by molar-refractivity contribution is -0.137. The van der Waals surface area contributed by atoms with Crippen LogP contribution in [0.2, 0.25) is 0 Å². The Labute approximate surface area is 230 Å². The summed E-state index contributed by atoms with van der Waals surface area (Å²) in [5, 5.41) is 3.02. The van der Waals surface area contributed by atoms with Gasteiger partial charge in [0.05, 0.1) is 12.2 Å². The van der Waals surface area contributed by atoms with Crippen LogP contribution in [0.1, 0.15) is 84.1 Å². The fourth-order valence-corrected chi connectivity index (χ4v) is 6.37. The molecule has 2 aliphatic heterocycles. The zero-order valence-electron chi connectivity index (χ0n) is 23.8. The van der Waals surface area contributed by atoms with Crippen LogP contribution in [0, 0.1) is 13.8 Å². The van der Waals surface area contributed by atoms with E-state index in [2.05, 4.69) is 62.1 Å². The van der Waals surface area contributed by atoms with Gasteiger partial charge in [-0.15, -0.1) is 0 Å². The zero-order valence-corrected chi connectivity index (χ0v) is 23.8. The molecule has 0 aliphatic carbocycles. The summed E-state index contributed by atoms with van der Waals surface area (Å²) in [7, 11) is 4.17. The van der Waals surface area contributed by atoms with Gasteiger partial charge in [-0.05, 0) is 121 Å². The van der Waals surface area contributed by atoms with Gasteiger partial charge in [0.15, 0.2) is 0 Å². The lowest BCUT2D eigenvalue weighted by atomic mass is 9.91. The topological polar surface area (TPSA) is 44.8 Å². The molecule has 0 saturated carbocycles. The number of halogens is 3. The number of fused-ring (bicyclic) bond motifs is 2. The molecule has 8 heteroatoms. The minimum Gasteiger partial charge on any atom is -0.493 e. The molecule has 3 unspecified atom stereocenters. The Morgan fingerprint density at radius 2 is 1.77 bits per heavy atom. The number of rotatable bonds is 10. The van der Waals surface area contributed by atoms with Crippen LogP contribution in [0.5, 0.6) is 5.75 Å². The molecule has 2 saturated heterocycles. The van der Waals surface area contributed by atoms with Gasteiger partial charge >= 0.3 is 6.18 Å². The SMILES string of the molecule is Cc1c(OCCCCN(C)C)ccc(C(C)N2C3CCC2CC(NC(=O)c2cccc(C(F)(F)F)c2)C3)c1C. The summed E-state index contributed by atoms with van der Waals surface area (Å²) in [6, 6.07) is 9.81. The number of amides is 1. The first-order valence-corrected chi connectivity index (χ1v) is 14.1. The van der Waals surface area contributed by atoms with Crippen molar-refractivity contribution in [2.24, 2.45) is 0 Å². The number of nitrogens with one attached hydrogen (secondary N) is 1. The third-order valence-corrected chi connectivity index (χ3v) is 8.51. The van der Waals surface area contributed by atoms with Crippen molar-refractivity contribution >= 4 is 5.91 Å². The second-order valence-electron chi connectivity index (χ2n) is 11.5. The molecule has 2 bridgehead atoms. The molecule has 3 atom stereocenters. The van der Waals surface area contributed by atoms with Gasteiger partial charge in [-0.3, -0.25) is 9.69 Å². The average Bonchev–Trinajstić information content (AvgIpc) is 3.15. The maximum atomic E-state index is 13.1. The van der Waals surface area contributed by atoms with Gasteiger partial charge in [-0.2, -0.15) is 13.2 Å². The summed E-state index contributed by atoms with van der Waals surface area (Å²) >= 11 is 0. The predicted molar refractivity (Wildman–Crippen MR) is 148 cm³/mol. The molecular formula is C31H42F3N3O2. The molecule has 2 aromatic rings. The van der Waals surface area contributed by atoms with Crippen LogP contribution in [0.3, 0.4) is 0 Å². The largest absolute Gasteiger partial charge is 0.493 e. The second kappa shape index (κ2) is 12.3. The summed E-state index contributed by atoms with van der Waals surface area (Å²) in [6.45, 7) is 8.34. The van der Waals surface area contributed by atoms with E-state index in [4.69, 9.17) is 4.74 Å². The third kappa shape index (κ3) is 6.95. The Balaban J connectivity index is 1.37. The van der Waals surface area contributed by atoms with Crippen molar-refractivity contribution in [3.63, 3.8) is 0 Å². The summed E-state index contributed by atoms with van der Waals surface area (Å²) in [5.41, 5.74) is 3.00. The Hall–Kier alpha value is -2.58. The van der Waals surface area contributed by atoms with E-state index in [1.165, 1.54) is 28.8 Å². The lowest BCUT2D eigenvalue weighted by Gasteiger charge is -2.43. The van der Waals surface area contributed by atoms with Crippen molar-refractivity contribution in [2.75, 3.05) is 27.2 Å². The van der Waals surface area contributed by atoms with E-state index in [0.717, 1.165) is 63.0 Å². The molecule has 1 amide bonds. The molecule has 2 fully saturated rings. The third-order valence-electron chi connectivity index (χ3n) is 8.51. The Kier molecular flexibility index (Phi) is 9.27.